The van der Waals surface area contributed by atoms with Crippen LogP contribution in [-0.2, 0) is 25.7 Å². The molecule has 0 spiro atoms. The van der Waals surface area contributed by atoms with E-state index in [1.165, 1.54) is 18.3 Å². The van der Waals surface area contributed by atoms with Crippen molar-refractivity contribution in [2.75, 3.05) is 0 Å². The lowest BCUT2D eigenvalue weighted by Gasteiger charge is -2.13. The summed E-state index contributed by atoms with van der Waals surface area (Å²) < 4.78 is 40.6. The van der Waals surface area contributed by atoms with Crippen LogP contribution < -0.4 is 5.32 Å². The number of hydrogen-bond donors (Lipinski definition) is 1. The highest BCUT2D eigenvalue weighted by molar-refractivity contribution is 9.10. The second-order valence-corrected chi connectivity index (χ2v) is 11.4. The molecule has 0 radical (unpaired) electrons. The summed E-state index contributed by atoms with van der Waals surface area (Å²) in [5.74, 6) is -2.35. The maximum Gasteiger partial charge on any atom is 0.455 e. The van der Waals surface area contributed by atoms with Crippen molar-refractivity contribution in [3.8, 4) is 5.82 Å². The summed E-state index contributed by atoms with van der Waals surface area (Å²) in [4.78, 5) is 32.0. The number of tetrazole rings is 1. The van der Waals surface area contributed by atoms with Crippen LogP contribution in [0.15, 0.2) is 65.3 Å². The molecule has 2 aromatic carbocycles. The molecular weight excluding hydrogens is 712 g/mol. The van der Waals surface area contributed by atoms with Crippen molar-refractivity contribution in [1.29, 1.82) is 0 Å². The van der Waals surface area contributed by atoms with Gasteiger partial charge in [0.25, 0.3) is 11.7 Å². The summed E-state index contributed by atoms with van der Waals surface area (Å²) in [6.45, 7) is -0.160. The van der Waals surface area contributed by atoms with Crippen LogP contribution in [0.4, 0.5) is 13.2 Å². The Kier molecular flexibility index (Phi) is 9.34. The number of nitrogens with one attached hydrogen (secondary N) is 1. The van der Waals surface area contributed by atoms with Gasteiger partial charge in [0.2, 0.25) is 0 Å². The van der Waals surface area contributed by atoms with Crippen LogP contribution in [0.5, 0.6) is 0 Å². The van der Waals surface area contributed by atoms with E-state index in [4.69, 9.17) is 34.8 Å². The smallest absolute Gasteiger partial charge is 0.348 e. The fourth-order valence-electron chi connectivity index (χ4n) is 4.09. The van der Waals surface area contributed by atoms with Gasteiger partial charge in [-0.05, 0) is 58.8 Å². The van der Waals surface area contributed by atoms with Crippen molar-refractivity contribution in [3.05, 3.63) is 114 Å². The molecule has 5 rings (SSSR count). The number of Topliss-reactive ketones (excluding diaryl/α,β-unsaturated/α-hetero) is 1. The normalized spacial score (nSPS) is 11.5. The number of hydrogen-bond acceptors (Lipinski definition) is 7. The monoisotopic (exact) mass is 726 g/mol. The molecule has 0 saturated carbocycles. The van der Waals surface area contributed by atoms with Gasteiger partial charge >= 0.3 is 6.18 Å². The second kappa shape index (κ2) is 13.0. The van der Waals surface area contributed by atoms with Gasteiger partial charge in [0.1, 0.15) is 12.2 Å². The number of carbonyl (C=O) groups is 2. The largest absolute Gasteiger partial charge is 0.455 e. The summed E-state index contributed by atoms with van der Waals surface area (Å²) >= 11 is 22.1. The van der Waals surface area contributed by atoms with Gasteiger partial charge in [-0.15, -0.1) is 10.2 Å². The summed E-state index contributed by atoms with van der Waals surface area (Å²) in [7, 11) is 0. The van der Waals surface area contributed by atoms with Crippen LogP contribution >= 0.6 is 50.7 Å². The minimum absolute atomic E-state index is 0.0248. The number of rotatable bonds is 9. The molecule has 0 unspecified atom stereocenters. The molecule has 3 heterocycles. The van der Waals surface area contributed by atoms with Crippen molar-refractivity contribution < 1.29 is 22.8 Å². The Morgan fingerprint density at radius 3 is 2.41 bits per heavy atom. The van der Waals surface area contributed by atoms with Crippen molar-refractivity contribution in [2.45, 2.75) is 25.7 Å². The molecule has 1 amide bonds. The predicted molar refractivity (Wildman–Crippen MR) is 158 cm³/mol. The number of aromatic nitrogens is 7. The number of nitrogens with zero attached hydrogens (tertiary/aromatic N) is 7. The van der Waals surface area contributed by atoms with E-state index in [1.807, 2.05) is 0 Å². The van der Waals surface area contributed by atoms with Gasteiger partial charge in [-0.1, -0.05) is 62.9 Å². The van der Waals surface area contributed by atoms with Crippen LogP contribution in [0, 0.1) is 0 Å². The van der Waals surface area contributed by atoms with Gasteiger partial charge < -0.3 is 5.32 Å². The zero-order chi connectivity index (χ0) is 31.6. The van der Waals surface area contributed by atoms with Crippen LogP contribution in [0.25, 0.3) is 5.82 Å². The molecule has 0 aliphatic rings. The lowest BCUT2D eigenvalue weighted by atomic mass is 10.00. The van der Waals surface area contributed by atoms with Crippen molar-refractivity contribution >= 4 is 62.4 Å². The van der Waals surface area contributed by atoms with Crippen LogP contribution in [0.3, 0.4) is 0 Å². The van der Waals surface area contributed by atoms with Crippen molar-refractivity contribution in [3.63, 3.8) is 0 Å². The van der Waals surface area contributed by atoms with Crippen LogP contribution in [0.2, 0.25) is 15.1 Å². The highest BCUT2D eigenvalue weighted by Gasteiger charge is 2.37. The van der Waals surface area contributed by atoms with Crippen LogP contribution in [0.1, 0.15) is 43.5 Å². The third kappa shape index (κ3) is 7.26. The molecule has 5 aromatic rings. The number of carbonyl (C=O) groups excluding carboxylic acids is 2. The van der Waals surface area contributed by atoms with E-state index in [9.17, 15) is 22.8 Å². The predicted octanol–water partition coefficient (Wildman–Crippen LogP) is 6.40. The molecule has 10 nitrogen and oxygen atoms in total. The second-order valence-electron chi connectivity index (χ2n) is 9.21. The fraction of sp³-hybridized carbons (Fsp3) is 0.148. The number of ketones is 1. The minimum atomic E-state index is -4.79. The van der Waals surface area contributed by atoms with Crippen molar-refractivity contribution in [2.24, 2.45) is 0 Å². The highest BCUT2D eigenvalue weighted by atomic mass is 79.9. The molecule has 0 aliphatic heterocycles. The molecule has 226 valence electrons. The first kappa shape index (κ1) is 31.6. The molecular formula is C27H17BrCl3F3N8O2. The van der Waals surface area contributed by atoms with Gasteiger partial charge in [0.15, 0.2) is 11.6 Å². The molecule has 44 heavy (non-hydrogen) atoms. The lowest BCUT2D eigenvalue weighted by molar-refractivity contribution is -0.145. The molecule has 0 saturated heterocycles. The summed E-state index contributed by atoms with van der Waals surface area (Å²) in [5, 5.41) is 17.8. The molecule has 0 atom stereocenters. The molecule has 0 fully saturated rings. The number of benzene rings is 2. The van der Waals surface area contributed by atoms with Gasteiger partial charge in [-0.25, -0.2) is 9.67 Å². The Hall–Kier alpha value is -3.85. The number of alkyl halides is 3. The van der Waals surface area contributed by atoms with Gasteiger partial charge in [-0.3, -0.25) is 9.59 Å². The maximum absolute atomic E-state index is 13.8. The molecule has 0 bridgehead atoms. The molecule has 17 heteroatoms. The fourth-order valence-corrected chi connectivity index (χ4v) is 5.29. The van der Waals surface area contributed by atoms with Crippen LogP contribution in [-0.4, -0.2) is 46.7 Å². The Morgan fingerprint density at radius 2 is 1.73 bits per heavy atom. The average molecular weight is 729 g/mol. The summed E-state index contributed by atoms with van der Waals surface area (Å²) in [5.41, 5.74) is 1.28. The first-order valence-corrected chi connectivity index (χ1v) is 14.4. The van der Waals surface area contributed by atoms with Crippen molar-refractivity contribution in [1.82, 2.24) is 40.3 Å². The Morgan fingerprint density at radius 1 is 0.977 bits per heavy atom. The van der Waals surface area contributed by atoms with Gasteiger partial charge in [-0.2, -0.15) is 23.1 Å². The maximum atomic E-state index is 13.8. The van der Waals surface area contributed by atoms with E-state index in [0.29, 0.717) is 14.3 Å². The van der Waals surface area contributed by atoms with Gasteiger partial charge in [0, 0.05) is 39.2 Å². The quantitative estimate of drug-likeness (QED) is 0.175. The first-order valence-electron chi connectivity index (χ1n) is 12.5. The van der Waals surface area contributed by atoms with E-state index >= 15 is 0 Å². The average Bonchev–Trinajstić information content (AvgIpc) is 3.62. The van der Waals surface area contributed by atoms with Gasteiger partial charge in [0.05, 0.1) is 10.7 Å². The lowest BCUT2D eigenvalue weighted by Crippen LogP contribution is -2.25. The number of halogens is 7. The topological polar surface area (TPSA) is 120 Å². The van der Waals surface area contributed by atoms with E-state index < -0.39 is 23.7 Å². The SMILES string of the molecule is O=C(NCc1ccc(Cl)cc1)c1cc(Br)cc(Cl)c1CC(=O)c1cc(Cn2nnc(C(F)(F)F)n2)nn1-c1ncccc1Cl. The number of pyridine rings is 1. The zero-order valence-electron chi connectivity index (χ0n) is 22.0. The highest BCUT2D eigenvalue weighted by Crippen LogP contribution is 2.29. The van der Waals surface area contributed by atoms with E-state index in [1.54, 1.807) is 42.5 Å². The zero-order valence-corrected chi connectivity index (χ0v) is 25.8. The summed E-state index contributed by atoms with van der Waals surface area (Å²) in [6.07, 6.45) is -3.70. The van der Waals surface area contributed by atoms with E-state index in [2.05, 4.69) is 46.7 Å². The Labute approximate surface area is 270 Å². The molecule has 0 aliphatic carbocycles. The third-order valence-corrected chi connectivity index (χ3v) is 7.45. The molecule has 3 aromatic heterocycles. The number of amides is 1. The molecule has 1 N–H and O–H groups in total. The summed E-state index contributed by atoms with van der Waals surface area (Å²) in [6, 6.07) is 14.5. The standard InChI is InChI=1S/C27H17BrCl3F3N8O2/c28-15-8-19(25(44)36-12-14-3-5-16(29)6-4-14)18(21(31)9-15)11-23(43)22-10-17(13-41-39-26(37-40-41)27(32,33)34)38-42(22)24-20(30)2-1-7-35-24/h1-10H,11-13H2,(H,36,44). The van der Waals surface area contributed by atoms with E-state index in [-0.39, 0.29) is 57.9 Å². The Bertz CT molecular complexity index is 1860. The third-order valence-electron chi connectivity index (χ3n) is 6.10. The first-order chi connectivity index (χ1) is 20.9. The minimum Gasteiger partial charge on any atom is -0.348 e. The van der Waals surface area contributed by atoms with E-state index in [0.717, 1.165) is 10.2 Å². The Balaban J connectivity index is 1.46.